The van der Waals surface area contributed by atoms with Crippen LogP contribution in [0.25, 0.3) is 11.0 Å². The molecule has 1 unspecified atom stereocenters. The van der Waals surface area contributed by atoms with Crippen LogP contribution in [0, 0.1) is 0 Å². The van der Waals surface area contributed by atoms with Crippen molar-refractivity contribution in [2.75, 3.05) is 19.0 Å². The molecule has 2 aromatic heterocycles. The van der Waals surface area contributed by atoms with Gasteiger partial charge < -0.3 is 14.9 Å². The van der Waals surface area contributed by atoms with E-state index in [0.29, 0.717) is 10.9 Å². The van der Waals surface area contributed by atoms with E-state index in [1.165, 1.54) is 0 Å². The first-order chi connectivity index (χ1) is 10.1. The fourth-order valence-corrected chi connectivity index (χ4v) is 3.26. The molecule has 0 amide bonds. The van der Waals surface area contributed by atoms with Gasteiger partial charge in [0.05, 0.1) is 11.0 Å². The van der Waals surface area contributed by atoms with E-state index in [4.69, 9.17) is 0 Å². The molecule has 3 rings (SSSR count). The van der Waals surface area contributed by atoms with Crippen molar-refractivity contribution in [2.45, 2.75) is 10.9 Å². The highest BCUT2D eigenvalue weighted by Gasteiger charge is 2.19. The van der Waals surface area contributed by atoms with Crippen molar-refractivity contribution in [3.05, 3.63) is 48.2 Å². The highest BCUT2D eigenvalue weighted by molar-refractivity contribution is 7.90. The number of imidazole rings is 1. The Bertz CT molecular complexity index is 727. The zero-order valence-electron chi connectivity index (χ0n) is 12.4. The van der Waals surface area contributed by atoms with E-state index in [1.54, 1.807) is 6.20 Å². The molecule has 0 saturated heterocycles. The van der Waals surface area contributed by atoms with Crippen LogP contribution in [0.3, 0.4) is 0 Å². The summed E-state index contributed by atoms with van der Waals surface area (Å²) in [5.41, 5.74) is 2.68. The number of aromatic amines is 1. The van der Waals surface area contributed by atoms with Gasteiger partial charge in [-0.2, -0.15) is 4.98 Å². The first-order valence-corrected chi connectivity index (χ1v) is 7.91. The van der Waals surface area contributed by atoms with Crippen LogP contribution >= 0.6 is 0 Å². The summed E-state index contributed by atoms with van der Waals surface area (Å²) < 4.78 is 12.5. The first-order valence-electron chi connectivity index (χ1n) is 6.59. The third-order valence-electron chi connectivity index (χ3n) is 3.16. The molecule has 0 aliphatic heterocycles. The fraction of sp³-hybridized carbons (Fsp3) is 0.200. The van der Waals surface area contributed by atoms with Crippen LogP contribution in [-0.2, 0) is 16.9 Å². The van der Waals surface area contributed by atoms with Gasteiger partial charge in [0.2, 0.25) is 0 Å². The minimum Gasteiger partial charge on any atom is -0.609 e. The summed E-state index contributed by atoms with van der Waals surface area (Å²) in [6.07, 6.45) is 1.74. The molecule has 7 heteroatoms. The molecule has 3 N–H and O–H groups in total. The second-order valence-electron chi connectivity index (χ2n) is 4.93. The fourth-order valence-electron chi connectivity index (χ4n) is 2.19. The largest absolute Gasteiger partial charge is 0.609 e. The molecule has 0 fully saturated rings. The summed E-state index contributed by atoms with van der Waals surface area (Å²) in [5, 5.41) is 0.504. The number of rotatable bonds is 4. The Morgan fingerprint density at radius 2 is 1.95 bits per heavy atom. The van der Waals surface area contributed by atoms with E-state index >= 15 is 0 Å². The number of pyridine rings is 1. The minimum atomic E-state index is -1.23. The van der Waals surface area contributed by atoms with Gasteiger partial charge in [-0.05, 0) is 24.3 Å². The molecule has 0 aliphatic rings. The average Bonchev–Trinajstić information content (AvgIpc) is 2.91. The number of fused-ring (bicyclic) bond motifs is 1. The van der Waals surface area contributed by atoms with E-state index in [-0.39, 0.29) is 5.48 Å². The Kier molecular flexibility index (Phi) is 5.02. The molecule has 0 aliphatic carbocycles. The second-order valence-corrected chi connectivity index (χ2v) is 6.30. The lowest BCUT2D eigenvalue weighted by atomic mass is 10.3. The Labute approximate surface area is 131 Å². The van der Waals surface area contributed by atoms with Crippen LogP contribution in [0.4, 0.5) is 5.82 Å². The molecule has 116 valence electrons. The van der Waals surface area contributed by atoms with Crippen LogP contribution in [0.2, 0.25) is 0 Å². The Morgan fingerprint density at radius 3 is 2.68 bits per heavy atom. The summed E-state index contributed by atoms with van der Waals surface area (Å²) in [4.78, 5) is 13.8. The molecule has 3 aromatic rings. The van der Waals surface area contributed by atoms with Gasteiger partial charge in [0.15, 0.2) is 0 Å². The molecule has 2 heterocycles. The third-order valence-corrected chi connectivity index (χ3v) is 4.36. The SMILES string of the molecule is CN(C)c1ncccc1C[S+]([O-])c1nc2ccccc2[nH]1.O. The third kappa shape index (κ3) is 3.22. The monoisotopic (exact) mass is 318 g/mol. The Morgan fingerprint density at radius 1 is 1.18 bits per heavy atom. The minimum absolute atomic E-state index is 0. The van der Waals surface area contributed by atoms with Gasteiger partial charge in [-0.1, -0.05) is 12.1 Å². The summed E-state index contributed by atoms with van der Waals surface area (Å²) >= 11 is -1.23. The molecule has 0 bridgehead atoms. The Balaban J connectivity index is 0.00000176. The van der Waals surface area contributed by atoms with Crippen molar-refractivity contribution < 1.29 is 10.0 Å². The number of hydrogen-bond donors (Lipinski definition) is 1. The lowest BCUT2D eigenvalue weighted by Crippen LogP contribution is -2.15. The standard InChI is InChI=1S/C15H16N4OS.H2O/c1-19(2)14-11(6-5-9-16-14)10-21(20)15-17-12-7-3-4-8-13(12)18-15;/h3-9H,10H2,1-2H3,(H,17,18);1H2. The molecular formula is C15H18N4O2S. The summed E-state index contributed by atoms with van der Waals surface area (Å²) in [7, 11) is 3.85. The van der Waals surface area contributed by atoms with Gasteiger partial charge >= 0.3 is 5.16 Å². The van der Waals surface area contributed by atoms with E-state index in [1.807, 2.05) is 55.4 Å². The van der Waals surface area contributed by atoms with Crippen molar-refractivity contribution in [3.63, 3.8) is 0 Å². The summed E-state index contributed by atoms with van der Waals surface area (Å²) in [5.74, 6) is 1.23. The topological polar surface area (TPSA) is 99.4 Å². The van der Waals surface area contributed by atoms with Crippen LogP contribution in [0.5, 0.6) is 0 Å². The number of nitrogens with one attached hydrogen (secondary N) is 1. The Hall–Kier alpha value is -2.09. The normalized spacial score (nSPS) is 12.0. The molecule has 6 nitrogen and oxygen atoms in total. The lowest BCUT2D eigenvalue weighted by Gasteiger charge is -2.16. The molecule has 1 atom stereocenters. The molecule has 0 spiro atoms. The van der Waals surface area contributed by atoms with Gasteiger partial charge in [0.25, 0.3) is 0 Å². The van der Waals surface area contributed by atoms with E-state index in [0.717, 1.165) is 22.4 Å². The maximum atomic E-state index is 12.5. The van der Waals surface area contributed by atoms with Crippen molar-refractivity contribution in [2.24, 2.45) is 0 Å². The van der Waals surface area contributed by atoms with Crippen LogP contribution in [0.15, 0.2) is 47.8 Å². The molecular weight excluding hydrogens is 300 g/mol. The summed E-state index contributed by atoms with van der Waals surface area (Å²) in [6.45, 7) is 0. The second kappa shape index (κ2) is 6.78. The predicted octanol–water partition coefficient (Wildman–Crippen LogP) is 1.51. The molecule has 0 radical (unpaired) electrons. The van der Waals surface area contributed by atoms with E-state index in [2.05, 4.69) is 15.0 Å². The average molecular weight is 318 g/mol. The smallest absolute Gasteiger partial charge is 0.321 e. The van der Waals surface area contributed by atoms with Gasteiger partial charge in [-0.15, -0.1) is 0 Å². The van der Waals surface area contributed by atoms with Crippen molar-refractivity contribution in [1.82, 2.24) is 15.0 Å². The van der Waals surface area contributed by atoms with Gasteiger partial charge in [0, 0.05) is 37.0 Å². The van der Waals surface area contributed by atoms with E-state index < -0.39 is 11.2 Å². The quantitative estimate of drug-likeness (QED) is 0.737. The van der Waals surface area contributed by atoms with Gasteiger partial charge in [-0.25, -0.2) is 4.98 Å². The number of H-pyrrole nitrogens is 1. The van der Waals surface area contributed by atoms with Gasteiger partial charge in [-0.3, -0.25) is 4.98 Å². The highest BCUT2D eigenvalue weighted by atomic mass is 32.2. The number of para-hydroxylation sites is 2. The van der Waals surface area contributed by atoms with Crippen molar-refractivity contribution >= 4 is 28.0 Å². The van der Waals surface area contributed by atoms with Crippen LogP contribution in [-0.4, -0.2) is 39.1 Å². The molecule has 0 saturated carbocycles. The predicted molar refractivity (Wildman–Crippen MR) is 88.4 cm³/mol. The molecule has 1 aromatic carbocycles. The number of aromatic nitrogens is 3. The van der Waals surface area contributed by atoms with Gasteiger partial charge in [0.1, 0.15) is 11.6 Å². The maximum absolute atomic E-state index is 12.5. The summed E-state index contributed by atoms with van der Waals surface area (Å²) in [6, 6.07) is 11.5. The van der Waals surface area contributed by atoms with Crippen molar-refractivity contribution in [1.29, 1.82) is 0 Å². The first kappa shape index (κ1) is 16.3. The zero-order valence-corrected chi connectivity index (χ0v) is 13.2. The van der Waals surface area contributed by atoms with Crippen LogP contribution in [0.1, 0.15) is 5.56 Å². The van der Waals surface area contributed by atoms with Crippen molar-refractivity contribution in [3.8, 4) is 0 Å². The zero-order chi connectivity index (χ0) is 14.8. The lowest BCUT2D eigenvalue weighted by molar-refractivity contribution is 0.587. The maximum Gasteiger partial charge on any atom is 0.321 e. The van der Waals surface area contributed by atoms with E-state index in [9.17, 15) is 4.55 Å². The number of benzene rings is 1. The molecule has 22 heavy (non-hydrogen) atoms. The number of anilines is 1. The van der Waals surface area contributed by atoms with Crippen LogP contribution < -0.4 is 4.90 Å². The highest BCUT2D eigenvalue weighted by Crippen LogP contribution is 2.22. The number of hydrogen-bond acceptors (Lipinski definition) is 4. The number of nitrogens with zero attached hydrogens (tertiary/aromatic N) is 3.